The molecule has 0 aliphatic heterocycles. The molecule has 0 radical (unpaired) electrons. The Morgan fingerprint density at radius 3 is 2.65 bits per heavy atom. The second-order valence-electron chi connectivity index (χ2n) is 4.45. The number of carbonyl (C=O) groups is 1. The first-order valence-corrected chi connectivity index (χ1v) is 6.23. The zero-order valence-corrected chi connectivity index (χ0v) is 12.1. The predicted octanol–water partition coefficient (Wildman–Crippen LogP) is 1.62. The lowest BCUT2D eigenvalue weighted by Gasteiger charge is -2.22. The number of hydrazine groups is 1. The van der Waals surface area contributed by atoms with Crippen LogP contribution in [-0.2, 0) is 6.18 Å². The van der Waals surface area contributed by atoms with E-state index in [1.54, 1.807) is 5.43 Å². The molecule has 126 valence electrons. The van der Waals surface area contributed by atoms with Gasteiger partial charge in [-0.2, -0.15) is 13.2 Å². The van der Waals surface area contributed by atoms with E-state index < -0.39 is 39.8 Å². The van der Waals surface area contributed by atoms with E-state index in [1.165, 1.54) is 13.1 Å². The van der Waals surface area contributed by atoms with Gasteiger partial charge in [-0.15, -0.1) is 6.58 Å². The number of nitrogens with one attached hydrogen (secondary N) is 1. The average molecular weight is 333 g/mol. The molecule has 0 aliphatic carbocycles. The van der Waals surface area contributed by atoms with Gasteiger partial charge in [-0.05, 0) is 6.42 Å². The number of nitro groups is 1. The molecule has 1 heterocycles. The molecule has 0 saturated heterocycles. The van der Waals surface area contributed by atoms with E-state index >= 15 is 0 Å². The predicted molar refractivity (Wildman–Crippen MR) is 75.6 cm³/mol. The van der Waals surface area contributed by atoms with Crippen LogP contribution in [0, 0.1) is 10.1 Å². The average Bonchev–Trinajstić information content (AvgIpc) is 2.49. The number of nitrogens with zero attached hydrogens (tertiary/aromatic N) is 3. The van der Waals surface area contributed by atoms with Gasteiger partial charge in [0.05, 0.1) is 4.92 Å². The lowest BCUT2D eigenvalue weighted by atomic mass is 10.1. The maximum absolute atomic E-state index is 13.2. The Bertz CT molecular complexity index is 633. The van der Waals surface area contributed by atoms with Crippen molar-refractivity contribution in [1.82, 2.24) is 10.4 Å². The molecule has 0 fully saturated rings. The first-order chi connectivity index (χ1) is 10.6. The molecule has 0 aromatic carbocycles. The molecule has 3 N–H and O–H groups in total. The van der Waals surface area contributed by atoms with Gasteiger partial charge in [-0.25, -0.2) is 10.8 Å². The van der Waals surface area contributed by atoms with Crippen LogP contribution in [0.1, 0.15) is 22.5 Å². The summed E-state index contributed by atoms with van der Waals surface area (Å²) in [6.45, 7) is 3.58. The number of alkyl halides is 3. The molecule has 0 atom stereocenters. The van der Waals surface area contributed by atoms with Crippen molar-refractivity contribution in [3.05, 3.63) is 40.1 Å². The van der Waals surface area contributed by atoms with E-state index in [9.17, 15) is 28.1 Å². The molecule has 1 amide bonds. The Morgan fingerprint density at radius 1 is 1.61 bits per heavy atom. The summed E-state index contributed by atoms with van der Waals surface area (Å²) in [4.78, 5) is 26.0. The Morgan fingerprint density at radius 2 is 2.22 bits per heavy atom. The van der Waals surface area contributed by atoms with E-state index in [0.717, 1.165) is 4.90 Å². The summed E-state index contributed by atoms with van der Waals surface area (Å²) < 4.78 is 39.5. The first kappa shape index (κ1) is 18.4. The van der Waals surface area contributed by atoms with Gasteiger partial charge in [-0.3, -0.25) is 20.3 Å². The molecular formula is C12H14F3N5O3. The fourth-order valence-electron chi connectivity index (χ4n) is 1.76. The second-order valence-corrected chi connectivity index (χ2v) is 4.45. The van der Waals surface area contributed by atoms with Crippen molar-refractivity contribution in [2.45, 2.75) is 12.6 Å². The fourth-order valence-corrected chi connectivity index (χ4v) is 1.76. The molecule has 0 saturated carbocycles. The minimum atomic E-state index is -4.88. The number of amides is 1. The van der Waals surface area contributed by atoms with Crippen LogP contribution in [-0.4, -0.2) is 29.4 Å². The summed E-state index contributed by atoms with van der Waals surface area (Å²) in [5, 5.41) is 10.9. The number of anilines is 1. The molecule has 0 bridgehead atoms. The summed E-state index contributed by atoms with van der Waals surface area (Å²) in [6.07, 6.45) is -3.04. The van der Waals surface area contributed by atoms with Crippen molar-refractivity contribution in [2.24, 2.45) is 5.84 Å². The van der Waals surface area contributed by atoms with Gasteiger partial charge in [0.15, 0.2) is 0 Å². The maximum Gasteiger partial charge on any atom is 0.420 e. The van der Waals surface area contributed by atoms with Crippen molar-refractivity contribution < 1.29 is 22.9 Å². The molecule has 23 heavy (non-hydrogen) atoms. The summed E-state index contributed by atoms with van der Waals surface area (Å²) >= 11 is 0. The molecule has 8 nitrogen and oxygen atoms in total. The van der Waals surface area contributed by atoms with Crippen LogP contribution in [0.5, 0.6) is 0 Å². The van der Waals surface area contributed by atoms with Crippen LogP contribution in [0.4, 0.5) is 24.7 Å². The number of rotatable bonds is 6. The zero-order valence-electron chi connectivity index (χ0n) is 12.1. The number of pyridine rings is 1. The summed E-state index contributed by atoms with van der Waals surface area (Å²) in [5.74, 6) is 3.12. The fraction of sp³-hybridized carbons (Fsp3) is 0.333. The standard InChI is InChI=1S/C12H14F3N5O3/c1-3-4-5-19(2)10-7(12(13,14)15)6-8(20(22)23)9(17-10)11(21)18-16/h3,6H,1,4-5,16H2,2H3,(H,18,21). The van der Waals surface area contributed by atoms with Crippen LogP contribution < -0.4 is 16.2 Å². The monoisotopic (exact) mass is 333 g/mol. The van der Waals surface area contributed by atoms with Crippen LogP contribution in [0.2, 0.25) is 0 Å². The third kappa shape index (κ3) is 4.16. The van der Waals surface area contributed by atoms with Crippen LogP contribution in [0.3, 0.4) is 0 Å². The van der Waals surface area contributed by atoms with Crippen molar-refractivity contribution in [2.75, 3.05) is 18.5 Å². The minimum absolute atomic E-state index is 0.126. The minimum Gasteiger partial charge on any atom is -0.359 e. The van der Waals surface area contributed by atoms with Gasteiger partial charge < -0.3 is 4.90 Å². The Labute approximate surface area is 128 Å². The quantitative estimate of drug-likeness (QED) is 0.269. The number of aromatic nitrogens is 1. The van der Waals surface area contributed by atoms with E-state index in [2.05, 4.69) is 11.6 Å². The molecular weight excluding hydrogens is 319 g/mol. The SMILES string of the molecule is C=CCCN(C)c1nc(C(=O)NN)c([N+](=O)[O-])cc1C(F)(F)F. The zero-order chi connectivity index (χ0) is 17.8. The molecule has 1 rings (SSSR count). The van der Waals surface area contributed by atoms with E-state index in [-0.39, 0.29) is 12.6 Å². The van der Waals surface area contributed by atoms with Gasteiger partial charge in [0, 0.05) is 19.7 Å². The number of halogens is 3. The Balaban J connectivity index is 3.60. The van der Waals surface area contributed by atoms with Crippen molar-refractivity contribution >= 4 is 17.4 Å². The van der Waals surface area contributed by atoms with E-state index in [4.69, 9.17) is 5.84 Å². The maximum atomic E-state index is 13.2. The van der Waals surface area contributed by atoms with Gasteiger partial charge >= 0.3 is 11.9 Å². The topological polar surface area (TPSA) is 114 Å². The second kappa shape index (κ2) is 7.05. The molecule has 0 spiro atoms. The van der Waals surface area contributed by atoms with Crippen molar-refractivity contribution in [3.63, 3.8) is 0 Å². The molecule has 0 aliphatic rings. The summed E-state index contributed by atoms with van der Waals surface area (Å²) in [5.41, 5.74) is -1.58. The van der Waals surface area contributed by atoms with Crippen LogP contribution in [0.15, 0.2) is 18.7 Å². The smallest absolute Gasteiger partial charge is 0.359 e. The summed E-state index contributed by atoms with van der Waals surface area (Å²) in [6, 6.07) is 0.275. The molecule has 1 aromatic heterocycles. The van der Waals surface area contributed by atoms with Gasteiger partial charge in [-0.1, -0.05) is 6.08 Å². The third-order valence-electron chi connectivity index (χ3n) is 2.86. The Kier molecular flexibility index (Phi) is 5.62. The van der Waals surface area contributed by atoms with E-state index in [1.807, 2.05) is 0 Å². The lowest BCUT2D eigenvalue weighted by molar-refractivity contribution is -0.385. The molecule has 11 heteroatoms. The highest BCUT2D eigenvalue weighted by atomic mass is 19.4. The van der Waals surface area contributed by atoms with E-state index in [0.29, 0.717) is 6.42 Å². The number of nitrogens with two attached hydrogens (primary N) is 1. The van der Waals surface area contributed by atoms with Crippen LogP contribution >= 0.6 is 0 Å². The Hall–Kier alpha value is -2.69. The summed E-state index contributed by atoms with van der Waals surface area (Å²) in [7, 11) is 1.32. The molecule has 0 unspecified atom stereocenters. The number of hydrogen-bond acceptors (Lipinski definition) is 6. The van der Waals surface area contributed by atoms with Crippen molar-refractivity contribution in [3.8, 4) is 0 Å². The first-order valence-electron chi connectivity index (χ1n) is 6.23. The normalized spacial score (nSPS) is 11.0. The highest BCUT2D eigenvalue weighted by Crippen LogP contribution is 2.38. The highest BCUT2D eigenvalue weighted by Gasteiger charge is 2.39. The van der Waals surface area contributed by atoms with Gasteiger partial charge in [0.25, 0.3) is 5.91 Å². The highest BCUT2D eigenvalue weighted by molar-refractivity contribution is 5.96. The molecule has 1 aromatic rings. The van der Waals surface area contributed by atoms with Crippen LogP contribution in [0.25, 0.3) is 0 Å². The van der Waals surface area contributed by atoms with Gasteiger partial charge in [0.1, 0.15) is 11.4 Å². The van der Waals surface area contributed by atoms with Crippen molar-refractivity contribution in [1.29, 1.82) is 0 Å². The largest absolute Gasteiger partial charge is 0.420 e. The lowest BCUT2D eigenvalue weighted by Crippen LogP contribution is -2.33. The number of carbonyl (C=O) groups excluding carboxylic acids is 1. The number of hydrogen-bond donors (Lipinski definition) is 2. The third-order valence-corrected chi connectivity index (χ3v) is 2.86. The number of nitrogen functional groups attached to an aromatic ring is 1. The van der Waals surface area contributed by atoms with Gasteiger partial charge in [0.2, 0.25) is 5.69 Å².